The number of thiophene rings is 1. The second kappa shape index (κ2) is 7.73. The van der Waals surface area contributed by atoms with Crippen LogP contribution in [-0.2, 0) is 4.74 Å². The molecule has 0 aliphatic carbocycles. The summed E-state index contributed by atoms with van der Waals surface area (Å²) < 4.78 is 10.5. The Bertz CT molecular complexity index is 1210. The van der Waals surface area contributed by atoms with Gasteiger partial charge in [0.25, 0.3) is 6.20 Å². The summed E-state index contributed by atoms with van der Waals surface area (Å²) in [6.07, 6.45) is 1.57. The Morgan fingerprint density at radius 3 is 2.77 bits per heavy atom. The van der Waals surface area contributed by atoms with Gasteiger partial charge in [0.2, 0.25) is 5.27 Å². The number of hydrogen-bond acceptors (Lipinski definition) is 9. The third kappa shape index (κ3) is 3.46. The quantitative estimate of drug-likeness (QED) is 0.299. The van der Waals surface area contributed by atoms with Crippen molar-refractivity contribution in [2.24, 2.45) is 4.99 Å². The Morgan fingerprint density at radius 1 is 1.17 bits per heavy atom. The summed E-state index contributed by atoms with van der Waals surface area (Å²) in [6.45, 7) is 2.59. The van der Waals surface area contributed by atoms with Gasteiger partial charge in [-0.05, 0) is 12.1 Å². The maximum absolute atomic E-state index is 12.8. The van der Waals surface area contributed by atoms with Gasteiger partial charge in [0, 0.05) is 16.8 Å². The minimum absolute atomic E-state index is 0.112. The molecule has 1 saturated heterocycles. The average molecular weight is 422 g/mol. The van der Waals surface area contributed by atoms with Crippen LogP contribution in [0.1, 0.15) is 4.88 Å². The first-order chi connectivity index (χ1) is 14.7. The maximum Gasteiger partial charge on any atom is 0.324 e. The van der Waals surface area contributed by atoms with Crippen molar-refractivity contribution in [1.29, 1.82) is 0 Å². The summed E-state index contributed by atoms with van der Waals surface area (Å²) >= 11 is 1.22. The highest BCUT2D eigenvalue weighted by Gasteiger charge is 2.23. The van der Waals surface area contributed by atoms with Crippen molar-refractivity contribution < 1.29 is 19.2 Å². The number of hydrogen-bond donors (Lipinski definition) is 1. The molecule has 0 saturated carbocycles. The van der Waals surface area contributed by atoms with Crippen molar-refractivity contribution in [3.8, 4) is 11.3 Å². The van der Waals surface area contributed by atoms with Crippen molar-refractivity contribution >= 4 is 39.0 Å². The highest BCUT2D eigenvalue weighted by atomic mass is 32.1. The standard InChI is InChI=1S/C20H18N6O3S/c21-17-14-6-7-15(13-4-2-1-3-5-13)22-20(14)30-18(17)19(27)23-16-12-26(24-29-16)25-8-10-28-11-9-25/h1-7,12H,8-11H2,(H2-,21,23,24,27). The van der Waals surface area contributed by atoms with Crippen LogP contribution in [0.4, 0.5) is 11.6 Å². The molecule has 1 aliphatic heterocycles. The molecule has 0 atom stereocenters. The lowest BCUT2D eigenvalue weighted by atomic mass is 10.1. The average Bonchev–Trinajstić information content (AvgIpc) is 3.39. The number of ether oxygens (including phenoxy) is 1. The Morgan fingerprint density at radius 2 is 1.97 bits per heavy atom. The van der Waals surface area contributed by atoms with Crippen molar-refractivity contribution in [3.63, 3.8) is 0 Å². The smallest absolute Gasteiger partial charge is 0.324 e. The first kappa shape index (κ1) is 18.5. The number of fused-ring (bicyclic) bond motifs is 1. The maximum atomic E-state index is 12.8. The minimum Gasteiger partial charge on any atom is -0.857 e. The highest BCUT2D eigenvalue weighted by Crippen LogP contribution is 2.34. The molecule has 30 heavy (non-hydrogen) atoms. The summed E-state index contributed by atoms with van der Waals surface area (Å²) in [4.78, 5) is 11.3. The molecule has 4 aromatic rings. The van der Waals surface area contributed by atoms with E-state index in [-0.39, 0.29) is 5.88 Å². The number of benzene rings is 1. The van der Waals surface area contributed by atoms with Gasteiger partial charge in [0.15, 0.2) is 0 Å². The SMILES string of the molecule is Nc1c(/C([O-])=N/c2c[n+](N3CCOCC3)no2)sc2nc(-c3ccccc3)ccc12. The van der Waals surface area contributed by atoms with E-state index in [4.69, 9.17) is 15.0 Å². The first-order valence-electron chi connectivity index (χ1n) is 9.41. The van der Waals surface area contributed by atoms with Crippen LogP contribution in [-0.4, -0.2) is 42.5 Å². The fraction of sp³-hybridized carbons (Fsp3) is 0.200. The predicted molar refractivity (Wildman–Crippen MR) is 111 cm³/mol. The molecule has 0 radical (unpaired) electrons. The summed E-state index contributed by atoms with van der Waals surface area (Å²) in [6, 6.07) is 13.6. The Hall–Kier alpha value is -3.50. The van der Waals surface area contributed by atoms with Crippen molar-refractivity contribution in [3.05, 3.63) is 53.5 Å². The number of aliphatic imine (C=N–C) groups is 1. The lowest BCUT2D eigenvalue weighted by molar-refractivity contribution is -0.759. The van der Waals surface area contributed by atoms with Gasteiger partial charge in [-0.3, -0.25) is 4.52 Å². The Balaban J connectivity index is 1.45. The van der Waals surface area contributed by atoms with E-state index in [1.807, 2.05) is 47.5 Å². The molecular weight excluding hydrogens is 404 g/mol. The Kier molecular flexibility index (Phi) is 4.77. The number of nitrogens with two attached hydrogens (primary N) is 1. The monoisotopic (exact) mass is 422 g/mol. The number of nitrogens with zero attached hydrogens (tertiary/aromatic N) is 5. The minimum atomic E-state index is -0.484. The van der Waals surface area contributed by atoms with E-state index in [9.17, 15) is 5.11 Å². The predicted octanol–water partition coefficient (Wildman–Crippen LogP) is 1.23. The number of rotatable bonds is 4. The molecule has 1 fully saturated rings. The molecule has 9 nitrogen and oxygen atoms in total. The zero-order valence-electron chi connectivity index (χ0n) is 15.9. The molecule has 1 aromatic carbocycles. The van der Waals surface area contributed by atoms with E-state index < -0.39 is 5.90 Å². The van der Waals surface area contributed by atoms with Gasteiger partial charge in [0.1, 0.15) is 4.83 Å². The zero-order valence-corrected chi connectivity index (χ0v) is 16.7. The van der Waals surface area contributed by atoms with Crippen LogP contribution in [0.2, 0.25) is 0 Å². The fourth-order valence-corrected chi connectivity index (χ4v) is 4.23. The molecule has 2 N–H and O–H groups in total. The van der Waals surface area contributed by atoms with E-state index in [0.717, 1.165) is 16.6 Å². The van der Waals surface area contributed by atoms with Crippen LogP contribution < -0.4 is 20.6 Å². The number of nitrogen functional groups attached to an aromatic ring is 1. The lowest BCUT2D eigenvalue weighted by Crippen LogP contribution is -2.62. The van der Waals surface area contributed by atoms with Gasteiger partial charge in [-0.15, -0.1) is 16.3 Å². The molecule has 4 heterocycles. The largest absolute Gasteiger partial charge is 0.857 e. The van der Waals surface area contributed by atoms with E-state index in [1.165, 1.54) is 16.1 Å². The second-order valence-corrected chi connectivity index (χ2v) is 7.70. The van der Waals surface area contributed by atoms with Gasteiger partial charge >= 0.3 is 5.88 Å². The number of anilines is 1. The summed E-state index contributed by atoms with van der Waals surface area (Å²) in [5.74, 6) is -0.372. The molecule has 0 unspecified atom stereocenters. The third-order valence-electron chi connectivity index (χ3n) is 4.79. The summed E-state index contributed by atoms with van der Waals surface area (Å²) in [5.41, 5.74) is 8.41. The molecule has 3 aromatic heterocycles. The normalized spacial score (nSPS) is 15.1. The van der Waals surface area contributed by atoms with Gasteiger partial charge in [0.05, 0.1) is 47.4 Å². The van der Waals surface area contributed by atoms with Crippen LogP contribution in [0.15, 0.2) is 58.2 Å². The van der Waals surface area contributed by atoms with Gasteiger partial charge in [-0.25, -0.2) is 9.98 Å². The molecule has 0 spiro atoms. The molecule has 0 bridgehead atoms. The number of morpholine rings is 1. The zero-order chi connectivity index (χ0) is 20.5. The molecule has 10 heteroatoms. The molecular formula is C20H18N6O3S. The summed E-state index contributed by atoms with van der Waals surface area (Å²) in [5, 5.41) is 19.4. The van der Waals surface area contributed by atoms with E-state index in [0.29, 0.717) is 41.7 Å². The topological polar surface area (TPSA) is 117 Å². The van der Waals surface area contributed by atoms with Crippen LogP contribution >= 0.6 is 11.3 Å². The van der Waals surface area contributed by atoms with Gasteiger partial charge in [-0.2, -0.15) is 0 Å². The van der Waals surface area contributed by atoms with Crippen molar-refractivity contribution in [1.82, 2.24) is 10.3 Å². The lowest BCUT2D eigenvalue weighted by Gasteiger charge is -2.18. The van der Waals surface area contributed by atoms with Crippen molar-refractivity contribution in [2.45, 2.75) is 0 Å². The molecule has 0 amide bonds. The van der Waals surface area contributed by atoms with E-state index >= 15 is 0 Å². The van der Waals surface area contributed by atoms with Gasteiger partial charge in [-0.1, -0.05) is 30.3 Å². The molecule has 5 rings (SSSR count). The van der Waals surface area contributed by atoms with Crippen LogP contribution in [0.25, 0.3) is 21.5 Å². The van der Waals surface area contributed by atoms with E-state index in [1.54, 1.807) is 6.20 Å². The van der Waals surface area contributed by atoms with Crippen LogP contribution in [0.5, 0.6) is 0 Å². The van der Waals surface area contributed by atoms with Gasteiger partial charge < -0.3 is 15.6 Å². The summed E-state index contributed by atoms with van der Waals surface area (Å²) in [7, 11) is 0. The molecule has 1 aliphatic rings. The first-order valence-corrected chi connectivity index (χ1v) is 10.2. The third-order valence-corrected chi connectivity index (χ3v) is 5.89. The highest BCUT2D eigenvalue weighted by molar-refractivity contribution is 7.21. The van der Waals surface area contributed by atoms with Crippen LogP contribution in [0, 0.1) is 0 Å². The Labute approximate surface area is 175 Å². The number of aromatic nitrogens is 3. The molecule has 152 valence electrons. The van der Waals surface area contributed by atoms with Crippen molar-refractivity contribution in [2.75, 3.05) is 37.0 Å². The fourth-order valence-electron chi connectivity index (χ4n) is 3.25. The second-order valence-electron chi connectivity index (χ2n) is 6.70. The number of pyridine rings is 1. The van der Waals surface area contributed by atoms with Crippen LogP contribution in [0.3, 0.4) is 0 Å². The van der Waals surface area contributed by atoms with E-state index in [2.05, 4.69) is 15.2 Å².